The lowest BCUT2D eigenvalue weighted by atomic mass is 9.85. The van der Waals surface area contributed by atoms with Gasteiger partial charge < -0.3 is 0 Å². The number of aromatic nitrogens is 2. The molecule has 2 aliphatic carbocycles. The van der Waals surface area contributed by atoms with Crippen molar-refractivity contribution in [1.29, 1.82) is 0 Å². The number of hydrogen-bond acceptors (Lipinski definition) is 2. The number of Topliss-reactive ketones (excluding diaryl/α,β-unsaturated/α-hetero) is 1. The lowest BCUT2D eigenvalue weighted by Crippen LogP contribution is -2.18. The van der Waals surface area contributed by atoms with Crippen LogP contribution in [-0.4, -0.2) is 15.6 Å². The normalized spacial score (nSPS) is 29.1. The van der Waals surface area contributed by atoms with Crippen LogP contribution in [-0.2, 0) is 6.54 Å². The van der Waals surface area contributed by atoms with Crippen LogP contribution in [0.25, 0.3) is 0 Å². The maximum Gasteiger partial charge on any atom is 0.182 e. The maximum atomic E-state index is 12.5. The summed E-state index contributed by atoms with van der Waals surface area (Å²) in [4.78, 5) is 12.5. The molecule has 2 bridgehead atoms. The topological polar surface area (TPSA) is 34.9 Å². The number of carbonyl (C=O) groups is 1. The molecule has 3 atom stereocenters. The van der Waals surface area contributed by atoms with Crippen molar-refractivity contribution in [2.24, 2.45) is 17.8 Å². The summed E-state index contributed by atoms with van der Waals surface area (Å²) < 4.78 is 1.78. The van der Waals surface area contributed by atoms with Crippen LogP contribution in [0.2, 0.25) is 5.02 Å². The molecule has 3 unspecified atom stereocenters. The van der Waals surface area contributed by atoms with E-state index in [2.05, 4.69) is 12.0 Å². The molecule has 2 aliphatic rings. The lowest BCUT2D eigenvalue weighted by molar-refractivity contribution is 0.0933. The van der Waals surface area contributed by atoms with Crippen molar-refractivity contribution in [3.8, 4) is 0 Å². The van der Waals surface area contributed by atoms with Crippen LogP contribution in [0.1, 0.15) is 55.9 Å². The lowest BCUT2D eigenvalue weighted by Gasteiger charge is -2.20. The summed E-state index contributed by atoms with van der Waals surface area (Å²) in [6, 6.07) is 0. The molecule has 0 spiro atoms. The largest absolute Gasteiger partial charge is 0.292 e. The van der Waals surface area contributed by atoms with Crippen molar-refractivity contribution in [2.45, 2.75) is 52.0 Å². The molecule has 0 aliphatic heterocycles. The number of ketones is 1. The average molecular weight is 281 g/mol. The molecule has 0 N–H and O–H groups in total. The van der Waals surface area contributed by atoms with Crippen LogP contribution in [0.5, 0.6) is 0 Å². The van der Waals surface area contributed by atoms with Gasteiger partial charge in [0.2, 0.25) is 0 Å². The van der Waals surface area contributed by atoms with E-state index in [9.17, 15) is 4.79 Å². The maximum absolute atomic E-state index is 12.5. The predicted molar refractivity (Wildman–Crippen MR) is 75.4 cm³/mol. The summed E-state index contributed by atoms with van der Waals surface area (Å²) in [6.45, 7) is 2.85. The average Bonchev–Trinajstić information content (AvgIpc) is 3.05. The zero-order chi connectivity index (χ0) is 13.4. The number of nitrogens with zero attached hydrogens (tertiary/aromatic N) is 2. The molecule has 0 radical (unpaired) electrons. The van der Waals surface area contributed by atoms with E-state index in [1.807, 2.05) is 0 Å². The molecule has 0 amide bonds. The minimum Gasteiger partial charge on any atom is -0.292 e. The Labute approximate surface area is 119 Å². The molecule has 1 heterocycles. The molecular weight excluding hydrogens is 260 g/mol. The van der Waals surface area contributed by atoms with Gasteiger partial charge in [-0.15, -0.1) is 0 Å². The standard InChI is InChI=1S/C15H21ClN2O/c1-2-5-18-15(13(16)9-17-18)14(19)8-12-7-10-3-4-11(12)6-10/h9-12H,2-8H2,1H3. The second-order valence-corrected chi connectivity index (χ2v) is 6.53. The summed E-state index contributed by atoms with van der Waals surface area (Å²) in [7, 11) is 0. The number of carbonyl (C=O) groups excluding carboxylic acids is 1. The second-order valence-electron chi connectivity index (χ2n) is 6.13. The molecule has 1 aromatic heterocycles. The number of halogens is 1. The summed E-state index contributed by atoms with van der Waals surface area (Å²) in [5.41, 5.74) is 0.631. The van der Waals surface area contributed by atoms with E-state index in [1.165, 1.54) is 25.7 Å². The summed E-state index contributed by atoms with van der Waals surface area (Å²) in [5.74, 6) is 2.45. The molecule has 0 aromatic carbocycles. The van der Waals surface area contributed by atoms with E-state index in [-0.39, 0.29) is 5.78 Å². The fraction of sp³-hybridized carbons (Fsp3) is 0.733. The van der Waals surface area contributed by atoms with Crippen molar-refractivity contribution in [2.75, 3.05) is 0 Å². The van der Waals surface area contributed by atoms with Crippen molar-refractivity contribution < 1.29 is 4.79 Å². The monoisotopic (exact) mass is 280 g/mol. The van der Waals surface area contributed by atoms with E-state index in [4.69, 9.17) is 11.6 Å². The molecule has 2 fully saturated rings. The molecule has 2 saturated carbocycles. The van der Waals surface area contributed by atoms with E-state index in [0.717, 1.165) is 24.8 Å². The first kappa shape index (κ1) is 13.2. The van der Waals surface area contributed by atoms with Crippen LogP contribution in [0.15, 0.2) is 6.20 Å². The minimum absolute atomic E-state index is 0.188. The predicted octanol–water partition coefficient (Wildman–Crippen LogP) is 3.96. The van der Waals surface area contributed by atoms with Gasteiger partial charge >= 0.3 is 0 Å². The fourth-order valence-electron chi connectivity index (χ4n) is 3.98. The van der Waals surface area contributed by atoms with Gasteiger partial charge in [0.15, 0.2) is 5.78 Å². The highest BCUT2D eigenvalue weighted by molar-refractivity contribution is 6.33. The summed E-state index contributed by atoms with van der Waals surface area (Å²) in [5, 5.41) is 4.73. The Morgan fingerprint density at radius 3 is 2.95 bits per heavy atom. The number of rotatable bonds is 5. The van der Waals surface area contributed by atoms with Gasteiger partial charge in [0.25, 0.3) is 0 Å². The van der Waals surface area contributed by atoms with E-state index in [1.54, 1.807) is 10.9 Å². The molecule has 104 valence electrons. The van der Waals surface area contributed by atoms with Crippen LogP contribution in [0, 0.1) is 17.8 Å². The third-order valence-electron chi connectivity index (χ3n) is 4.83. The molecule has 0 saturated heterocycles. The Balaban J connectivity index is 1.72. The highest BCUT2D eigenvalue weighted by Gasteiger charge is 2.40. The van der Waals surface area contributed by atoms with E-state index >= 15 is 0 Å². The zero-order valence-electron chi connectivity index (χ0n) is 11.4. The zero-order valence-corrected chi connectivity index (χ0v) is 12.2. The molecular formula is C15H21ClN2O. The Morgan fingerprint density at radius 1 is 1.47 bits per heavy atom. The van der Waals surface area contributed by atoms with Gasteiger partial charge in [-0.3, -0.25) is 9.48 Å². The third kappa shape index (κ3) is 2.45. The first-order valence-corrected chi connectivity index (χ1v) is 7.81. The molecule has 4 heteroatoms. The van der Waals surface area contributed by atoms with Crippen molar-refractivity contribution >= 4 is 17.4 Å². The Kier molecular flexibility index (Phi) is 3.66. The van der Waals surface area contributed by atoms with Crippen molar-refractivity contribution in [3.63, 3.8) is 0 Å². The number of hydrogen-bond donors (Lipinski definition) is 0. The molecule has 19 heavy (non-hydrogen) atoms. The van der Waals surface area contributed by atoms with Gasteiger partial charge in [0.05, 0.1) is 11.2 Å². The van der Waals surface area contributed by atoms with E-state index < -0.39 is 0 Å². The summed E-state index contributed by atoms with van der Waals surface area (Å²) >= 11 is 6.14. The van der Waals surface area contributed by atoms with Crippen LogP contribution in [0.4, 0.5) is 0 Å². The van der Waals surface area contributed by atoms with Gasteiger partial charge in [-0.2, -0.15) is 5.10 Å². The molecule has 1 aromatic rings. The molecule has 3 rings (SSSR count). The quantitative estimate of drug-likeness (QED) is 0.765. The summed E-state index contributed by atoms with van der Waals surface area (Å²) in [6.07, 6.45) is 8.53. The minimum atomic E-state index is 0.188. The Morgan fingerprint density at radius 2 is 2.32 bits per heavy atom. The smallest absolute Gasteiger partial charge is 0.182 e. The highest BCUT2D eigenvalue weighted by atomic mass is 35.5. The van der Waals surface area contributed by atoms with Gasteiger partial charge in [0.1, 0.15) is 5.69 Å². The third-order valence-corrected chi connectivity index (χ3v) is 5.10. The Bertz CT molecular complexity index is 482. The van der Waals surface area contributed by atoms with Crippen molar-refractivity contribution in [1.82, 2.24) is 9.78 Å². The number of fused-ring (bicyclic) bond motifs is 2. The fourth-order valence-corrected chi connectivity index (χ4v) is 4.23. The van der Waals surface area contributed by atoms with Crippen LogP contribution < -0.4 is 0 Å². The van der Waals surface area contributed by atoms with Crippen LogP contribution in [0.3, 0.4) is 0 Å². The Hall–Kier alpha value is -0.830. The van der Waals surface area contributed by atoms with E-state index in [0.29, 0.717) is 23.1 Å². The van der Waals surface area contributed by atoms with Gasteiger partial charge in [-0.25, -0.2) is 0 Å². The van der Waals surface area contributed by atoms with Gasteiger partial charge in [-0.05, 0) is 43.4 Å². The molecule has 3 nitrogen and oxygen atoms in total. The van der Waals surface area contributed by atoms with Crippen molar-refractivity contribution in [3.05, 3.63) is 16.9 Å². The second kappa shape index (κ2) is 5.28. The highest BCUT2D eigenvalue weighted by Crippen LogP contribution is 2.49. The SMILES string of the molecule is CCCn1ncc(Cl)c1C(=O)CC1CC2CCC1C2. The number of aryl methyl sites for hydroxylation is 1. The first-order chi connectivity index (χ1) is 9.19. The van der Waals surface area contributed by atoms with Crippen LogP contribution >= 0.6 is 11.6 Å². The van der Waals surface area contributed by atoms with Gasteiger partial charge in [0, 0.05) is 13.0 Å². The first-order valence-electron chi connectivity index (χ1n) is 7.43. The van der Waals surface area contributed by atoms with Gasteiger partial charge in [-0.1, -0.05) is 24.9 Å².